The summed E-state index contributed by atoms with van der Waals surface area (Å²) in [7, 11) is 2.08. The minimum absolute atomic E-state index is 0.0898. The van der Waals surface area contributed by atoms with Crippen molar-refractivity contribution >= 4 is 11.6 Å². The number of hydrogen-bond acceptors (Lipinski definition) is 3. The third-order valence-corrected chi connectivity index (χ3v) is 5.40. The average molecular weight is 316 g/mol. The maximum Gasteiger partial charge on any atom is 0.226 e. The third kappa shape index (κ3) is 3.52. The molecular weight excluding hydrogens is 288 g/mol. The lowest BCUT2D eigenvalue weighted by Gasteiger charge is -2.35. The third-order valence-electron chi connectivity index (χ3n) is 5.40. The predicted octanol–water partition coefficient (Wildman–Crippen LogP) is 2.94. The molecule has 1 heterocycles. The van der Waals surface area contributed by atoms with Crippen molar-refractivity contribution in [2.24, 2.45) is 0 Å². The molecule has 4 heteroatoms. The van der Waals surface area contributed by atoms with Crippen LogP contribution in [0.15, 0.2) is 24.3 Å². The fraction of sp³-hybridized carbons (Fsp3) is 0.632. The molecule has 1 aromatic rings. The Hall–Kier alpha value is -1.55. The van der Waals surface area contributed by atoms with Crippen molar-refractivity contribution < 1.29 is 9.90 Å². The number of carbonyl (C=O) groups excluding carboxylic acids is 1. The molecule has 23 heavy (non-hydrogen) atoms. The monoisotopic (exact) mass is 316 g/mol. The van der Waals surface area contributed by atoms with E-state index in [-0.39, 0.29) is 18.4 Å². The summed E-state index contributed by atoms with van der Waals surface area (Å²) in [5.74, 6) is 0.0898. The van der Waals surface area contributed by atoms with Crippen molar-refractivity contribution in [1.82, 2.24) is 4.90 Å². The van der Waals surface area contributed by atoms with E-state index in [1.807, 2.05) is 17.0 Å². The van der Waals surface area contributed by atoms with E-state index in [2.05, 4.69) is 31.0 Å². The van der Waals surface area contributed by atoms with Gasteiger partial charge in [0.1, 0.15) is 0 Å². The topological polar surface area (TPSA) is 43.8 Å². The summed E-state index contributed by atoms with van der Waals surface area (Å²) in [6, 6.07) is 8.43. The molecule has 1 saturated carbocycles. The molecule has 1 aliphatic carbocycles. The Balaban J connectivity index is 1.77. The average Bonchev–Trinajstić information content (AvgIpc) is 2.64. The molecule has 0 saturated heterocycles. The molecule has 1 aliphatic heterocycles. The number of anilines is 1. The number of nitrogens with zero attached hydrogens (tertiary/aromatic N) is 2. The van der Waals surface area contributed by atoms with Gasteiger partial charge in [-0.05, 0) is 31.4 Å². The van der Waals surface area contributed by atoms with E-state index >= 15 is 0 Å². The van der Waals surface area contributed by atoms with Crippen molar-refractivity contribution in [3.63, 3.8) is 0 Å². The van der Waals surface area contributed by atoms with E-state index in [1.165, 1.54) is 17.7 Å². The first-order valence-corrected chi connectivity index (χ1v) is 8.79. The lowest BCUT2D eigenvalue weighted by molar-refractivity contribution is -0.140. The van der Waals surface area contributed by atoms with Crippen LogP contribution in [-0.4, -0.2) is 41.1 Å². The van der Waals surface area contributed by atoms with Crippen LogP contribution >= 0.6 is 0 Å². The van der Waals surface area contributed by atoms with Crippen LogP contribution in [0.4, 0.5) is 5.69 Å². The van der Waals surface area contributed by atoms with Crippen LogP contribution in [0.25, 0.3) is 0 Å². The Kier molecular flexibility index (Phi) is 4.62. The van der Waals surface area contributed by atoms with Gasteiger partial charge in [-0.25, -0.2) is 0 Å². The second-order valence-electron chi connectivity index (χ2n) is 7.34. The van der Waals surface area contributed by atoms with Crippen molar-refractivity contribution in [2.45, 2.75) is 63.6 Å². The molecule has 4 nitrogen and oxygen atoms in total. The Bertz CT molecular complexity index is 566. The maximum absolute atomic E-state index is 12.9. The largest absolute Gasteiger partial charge is 0.389 e. The van der Waals surface area contributed by atoms with Gasteiger partial charge in [-0.1, -0.05) is 37.5 Å². The molecule has 1 N–H and O–H groups in total. The van der Waals surface area contributed by atoms with Gasteiger partial charge >= 0.3 is 0 Å². The van der Waals surface area contributed by atoms with Crippen LogP contribution in [0.2, 0.25) is 0 Å². The zero-order chi connectivity index (χ0) is 16.4. The molecular formula is C19H28N2O2. The fourth-order valence-electron chi connectivity index (χ4n) is 4.05. The van der Waals surface area contributed by atoms with Gasteiger partial charge in [-0.15, -0.1) is 0 Å². The van der Waals surface area contributed by atoms with Crippen LogP contribution in [0.1, 0.15) is 51.0 Å². The maximum atomic E-state index is 12.9. The van der Waals surface area contributed by atoms with Crippen molar-refractivity contribution in [1.29, 1.82) is 0 Å². The number of aliphatic hydroxyl groups is 1. The molecule has 1 atom stereocenters. The van der Waals surface area contributed by atoms with Crippen LogP contribution in [-0.2, 0) is 11.3 Å². The van der Waals surface area contributed by atoms with E-state index in [9.17, 15) is 9.90 Å². The summed E-state index contributed by atoms with van der Waals surface area (Å²) < 4.78 is 0. The second kappa shape index (κ2) is 6.52. The van der Waals surface area contributed by atoms with E-state index in [0.29, 0.717) is 6.54 Å². The number of para-hydroxylation sites is 1. The number of hydrogen-bond donors (Lipinski definition) is 1. The van der Waals surface area contributed by atoms with E-state index in [0.717, 1.165) is 32.2 Å². The molecule has 3 rings (SSSR count). The van der Waals surface area contributed by atoms with Gasteiger partial charge in [-0.3, -0.25) is 4.79 Å². The van der Waals surface area contributed by atoms with E-state index in [1.54, 1.807) is 0 Å². The van der Waals surface area contributed by atoms with Crippen LogP contribution < -0.4 is 4.90 Å². The lowest BCUT2D eigenvalue weighted by Crippen LogP contribution is -2.45. The standard InChI is InChI=1S/C19H28N2O2/c1-15-13-20(2)17-9-5-4-8-16(17)14-21(15)18(22)12-19(23)10-6-3-7-11-19/h4-5,8-9,15,23H,3,6-7,10-14H2,1-2H3. The number of rotatable bonds is 2. The Morgan fingerprint density at radius 1 is 1.26 bits per heavy atom. The van der Waals surface area contributed by atoms with Crippen molar-refractivity contribution in [3.8, 4) is 0 Å². The second-order valence-corrected chi connectivity index (χ2v) is 7.34. The highest BCUT2D eigenvalue weighted by molar-refractivity contribution is 5.78. The summed E-state index contributed by atoms with van der Waals surface area (Å²) in [5.41, 5.74) is 1.60. The molecule has 1 unspecified atom stereocenters. The molecule has 0 radical (unpaired) electrons. The first kappa shape index (κ1) is 16.3. The fourth-order valence-corrected chi connectivity index (χ4v) is 4.05. The summed E-state index contributed by atoms with van der Waals surface area (Å²) >= 11 is 0. The number of benzene rings is 1. The van der Waals surface area contributed by atoms with Crippen molar-refractivity contribution in [2.75, 3.05) is 18.5 Å². The molecule has 1 amide bonds. The van der Waals surface area contributed by atoms with Crippen LogP contribution in [0.3, 0.4) is 0 Å². The van der Waals surface area contributed by atoms with Crippen LogP contribution in [0.5, 0.6) is 0 Å². The summed E-state index contributed by atoms with van der Waals surface area (Å²) in [6.45, 7) is 3.56. The summed E-state index contributed by atoms with van der Waals surface area (Å²) in [6.07, 6.45) is 5.03. The minimum atomic E-state index is -0.785. The van der Waals surface area contributed by atoms with Gasteiger partial charge in [0.25, 0.3) is 0 Å². The number of likely N-dealkylation sites (N-methyl/N-ethyl adjacent to an activating group) is 1. The van der Waals surface area contributed by atoms with Gasteiger partial charge in [-0.2, -0.15) is 0 Å². The number of amides is 1. The predicted molar refractivity (Wildman–Crippen MR) is 92.4 cm³/mol. The minimum Gasteiger partial charge on any atom is -0.389 e. The van der Waals surface area contributed by atoms with Crippen molar-refractivity contribution in [3.05, 3.63) is 29.8 Å². The van der Waals surface area contributed by atoms with Gasteiger partial charge in [0.2, 0.25) is 5.91 Å². The molecule has 0 spiro atoms. The Morgan fingerprint density at radius 2 is 1.96 bits per heavy atom. The normalized spacial score (nSPS) is 24.0. The molecule has 0 aromatic heterocycles. The molecule has 0 bridgehead atoms. The SMILES string of the molecule is CC1CN(C)c2ccccc2CN1C(=O)CC1(O)CCCCC1. The van der Waals surface area contributed by atoms with Gasteiger partial charge in [0.05, 0.1) is 12.0 Å². The highest BCUT2D eigenvalue weighted by atomic mass is 16.3. The smallest absolute Gasteiger partial charge is 0.226 e. The van der Waals surface area contributed by atoms with Gasteiger partial charge in [0, 0.05) is 31.9 Å². The van der Waals surface area contributed by atoms with Crippen LogP contribution in [0, 0.1) is 0 Å². The zero-order valence-corrected chi connectivity index (χ0v) is 14.3. The summed E-state index contributed by atoms with van der Waals surface area (Å²) in [4.78, 5) is 17.1. The first-order chi connectivity index (χ1) is 11.0. The molecule has 2 aliphatic rings. The van der Waals surface area contributed by atoms with E-state index in [4.69, 9.17) is 0 Å². The van der Waals surface area contributed by atoms with Gasteiger partial charge in [0.15, 0.2) is 0 Å². The van der Waals surface area contributed by atoms with Gasteiger partial charge < -0.3 is 14.9 Å². The highest BCUT2D eigenvalue weighted by Crippen LogP contribution is 2.33. The highest BCUT2D eigenvalue weighted by Gasteiger charge is 2.35. The Morgan fingerprint density at radius 3 is 2.70 bits per heavy atom. The lowest BCUT2D eigenvalue weighted by atomic mass is 9.82. The molecule has 1 aromatic carbocycles. The number of carbonyl (C=O) groups is 1. The molecule has 1 fully saturated rings. The first-order valence-electron chi connectivity index (χ1n) is 8.79. The Labute approximate surface area is 139 Å². The van der Waals surface area contributed by atoms with E-state index < -0.39 is 5.60 Å². The quantitative estimate of drug-likeness (QED) is 0.912. The summed E-state index contributed by atoms with van der Waals surface area (Å²) in [5, 5.41) is 10.7. The zero-order valence-electron chi connectivity index (χ0n) is 14.3. The molecule has 126 valence electrons. The number of fused-ring (bicyclic) bond motifs is 1.